The third-order valence-corrected chi connectivity index (χ3v) is 6.36. The molecule has 3 heterocycles. The molecule has 1 saturated heterocycles. The molecule has 0 spiro atoms. The Morgan fingerprint density at radius 2 is 1.85 bits per heavy atom. The fourth-order valence-electron chi connectivity index (χ4n) is 3.92. The molecule has 2 fully saturated rings. The second-order valence-electron chi connectivity index (χ2n) is 7.26. The Balaban J connectivity index is 1.56. The Kier molecular flexibility index (Phi) is 4.45. The molecule has 5 rings (SSSR count). The Labute approximate surface area is 161 Å². The zero-order chi connectivity index (χ0) is 18.2. The average Bonchev–Trinajstić information content (AvgIpc) is 3.41. The number of hydrogen-bond donors (Lipinski definition) is 2. The average molecular weight is 387 g/mol. The molecule has 2 N–H and O–H groups in total. The van der Waals surface area contributed by atoms with E-state index in [0.717, 1.165) is 53.3 Å². The van der Waals surface area contributed by atoms with Gasteiger partial charge in [0.2, 0.25) is 10.1 Å². The molecule has 1 aromatic carbocycles. The molecule has 27 heavy (non-hydrogen) atoms. The van der Waals surface area contributed by atoms with Crippen molar-refractivity contribution < 1.29 is 4.39 Å². The van der Waals surface area contributed by atoms with E-state index in [4.69, 9.17) is 10.1 Å². The van der Waals surface area contributed by atoms with Gasteiger partial charge in [0.25, 0.3) is 0 Å². The highest BCUT2D eigenvalue weighted by atomic mass is 32.1. The first-order valence-electron chi connectivity index (χ1n) is 9.65. The zero-order valence-electron chi connectivity index (χ0n) is 15.1. The van der Waals surface area contributed by atoms with E-state index in [1.54, 1.807) is 23.5 Å². The van der Waals surface area contributed by atoms with E-state index in [9.17, 15) is 4.39 Å². The van der Waals surface area contributed by atoms with E-state index in [0.29, 0.717) is 6.04 Å². The van der Waals surface area contributed by atoms with Gasteiger partial charge in [0.1, 0.15) is 11.5 Å². The number of piperazine rings is 1. The molecule has 1 aliphatic heterocycles. The normalized spacial score (nSPS) is 18.5. The van der Waals surface area contributed by atoms with Crippen molar-refractivity contribution in [2.24, 2.45) is 0 Å². The zero-order valence-corrected chi connectivity index (χ0v) is 15.9. The van der Waals surface area contributed by atoms with Crippen molar-refractivity contribution in [1.29, 1.82) is 0 Å². The summed E-state index contributed by atoms with van der Waals surface area (Å²) in [6.07, 6.45) is 4.86. The van der Waals surface area contributed by atoms with E-state index in [-0.39, 0.29) is 5.82 Å². The molecule has 0 atom stereocenters. The molecule has 2 aromatic heterocycles. The van der Waals surface area contributed by atoms with Gasteiger partial charge in [-0.3, -0.25) is 0 Å². The highest BCUT2D eigenvalue weighted by Crippen LogP contribution is 2.35. The van der Waals surface area contributed by atoms with Gasteiger partial charge >= 0.3 is 0 Å². The molecule has 3 aromatic rings. The molecule has 0 amide bonds. The number of rotatable bonds is 4. The number of halogens is 1. The SMILES string of the molecule is Fc1ccc(-c2nc3sc(N4CCNCC4)nn3c2NC2CCCC2)cc1. The number of nitrogens with one attached hydrogen (secondary N) is 2. The van der Waals surface area contributed by atoms with Crippen LogP contribution in [0, 0.1) is 5.82 Å². The minimum Gasteiger partial charge on any atom is -0.365 e. The van der Waals surface area contributed by atoms with Crippen molar-refractivity contribution in [2.75, 3.05) is 36.4 Å². The van der Waals surface area contributed by atoms with Crippen LogP contribution in [0.3, 0.4) is 0 Å². The first-order valence-corrected chi connectivity index (χ1v) is 10.5. The van der Waals surface area contributed by atoms with Gasteiger partial charge in [-0.2, -0.15) is 4.52 Å². The first kappa shape index (κ1) is 16.9. The van der Waals surface area contributed by atoms with Crippen molar-refractivity contribution in [2.45, 2.75) is 31.7 Å². The summed E-state index contributed by atoms with van der Waals surface area (Å²) in [4.78, 5) is 8.05. The molecule has 0 bridgehead atoms. The molecule has 1 aliphatic carbocycles. The summed E-state index contributed by atoms with van der Waals surface area (Å²) in [5.74, 6) is 0.699. The van der Waals surface area contributed by atoms with Crippen LogP contribution in [0.2, 0.25) is 0 Å². The van der Waals surface area contributed by atoms with Crippen LogP contribution in [0.1, 0.15) is 25.7 Å². The topological polar surface area (TPSA) is 57.5 Å². The van der Waals surface area contributed by atoms with E-state index < -0.39 is 0 Å². The minimum atomic E-state index is -0.232. The minimum absolute atomic E-state index is 0.232. The standard InChI is InChI=1S/C19H23FN6S/c20-14-7-5-13(6-8-14)16-17(22-15-3-1-2-4-15)26-18(23-16)27-19(24-26)25-11-9-21-10-12-25/h5-8,15,21-22H,1-4,9-12H2. The van der Waals surface area contributed by atoms with Gasteiger partial charge in [-0.1, -0.05) is 24.2 Å². The number of hydrogen-bond acceptors (Lipinski definition) is 6. The first-order chi connectivity index (χ1) is 13.3. The quantitative estimate of drug-likeness (QED) is 0.720. The summed E-state index contributed by atoms with van der Waals surface area (Å²) in [6.45, 7) is 3.89. The molecule has 2 aliphatic rings. The summed E-state index contributed by atoms with van der Waals surface area (Å²) >= 11 is 1.62. The van der Waals surface area contributed by atoms with Crippen molar-refractivity contribution in [1.82, 2.24) is 19.9 Å². The number of anilines is 2. The van der Waals surface area contributed by atoms with Crippen molar-refractivity contribution in [3.63, 3.8) is 0 Å². The van der Waals surface area contributed by atoms with Gasteiger partial charge < -0.3 is 15.5 Å². The largest absolute Gasteiger partial charge is 0.365 e. The summed E-state index contributed by atoms with van der Waals surface area (Å²) in [5.41, 5.74) is 1.77. The molecule has 6 nitrogen and oxygen atoms in total. The fourth-order valence-corrected chi connectivity index (χ4v) is 4.88. The maximum absolute atomic E-state index is 13.4. The van der Waals surface area contributed by atoms with Gasteiger partial charge in [0.05, 0.1) is 0 Å². The Hall–Kier alpha value is -2.19. The van der Waals surface area contributed by atoms with E-state index in [1.165, 1.54) is 37.8 Å². The van der Waals surface area contributed by atoms with Gasteiger partial charge in [-0.15, -0.1) is 5.10 Å². The monoisotopic (exact) mass is 386 g/mol. The maximum Gasteiger partial charge on any atom is 0.216 e. The summed E-state index contributed by atoms with van der Waals surface area (Å²) < 4.78 is 15.3. The number of fused-ring (bicyclic) bond motifs is 1. The number of aromatic nitrogens is 3. The van der Waals surface area contributed by atoms with E-state index in [1.807, 2.05) is 4.52 Å². The van der Waals surface area contributed by atoms with Gasteiger partial charge in [-0.25, -0.2) is 9.37 Å². The number of imidazole rings is 1. The molecule has 0 radical (unpaired) electrons. The number of benzene rings is 1. The summed E-state index contributed by atoms with van der Waals surface area (Å²) in [6, 6.07) is 7.01. The Bertz CT molecular complexity index is 922. The maximum atomic E-state index is 13.4. The molecular formula is C19H23FN6S. The van der Waals surface area contributed by atoms with Crippen LogP contribution in [0.4, 0.5) is 15.3 Å². The van der Waals surface area contributed by atoms with E-state index in [2.05, 4.69) is 15.5 Å². The molecule has 0 unspecified atom stereocenters. The van der Waals surface area contributed by atoms with Crippen LogP contribution >= 0.6 is 11.3 Å². The molecule has 8 heteroatoms. The predicted molar refractivity (Wildman–Crippen MR) is 107 cm³/mol. The number of nitrogens with zero attached hydrogens (tertiary/aromatic N) is 4. The van der Waals surface area contributed by atoms with Crippen LogP contribution in [0.15, 0.2) is 24.3 Å². The van der Waals surface area contributed by atoms with Gasteiger partial charge in [0.15, 0.2) is 5.82 Å². The fraction of sp³-hybridized carbons (Fsp3) is 0.474. The molecule has 142 valence electrons. The lowest BCUT2D eigenvalue weighted by Crippen LogP contribution is -2.43. The lowest BCUT2D eigenvalue weighted by molar-refractivity contribution is 0.586. The van der Waals surface area contributed by atoms with Crippen LogP contribution < -0.4 is 15.5 Å². The van der Waals surface area contributed by atoms with Crippen molar-refractivity contribution in [3.8, 4) is 11.3 Å². The van der Waals surface area contributed by atoms with Crippen molar-refractivity contribution in [3.05, 3.63) is 30.1 Å². The Morgan fingerprint density at radius 1 is 1.11 bits per heavy atom. The predicted octanol–water partition coefficient (Wildman–Crippen LogP) is 3.36. The highest BCUT2D eigenvalue weighted by molar-refractivity contribution is 7.20. The second kappa shape index (κ2) is 7.09. The third-order valence-electron chi connectivity index (χ3n) is 5.39. The summed E-state index contributed by atoms with van der Waals surface area (Å²) in [5, 5.41) is 12.9. The van der Waals surface area contributed by atoms with Crippen LogP contribution in [-0.2, 0) is 0 Å². The second-order valence-corrected chi connectivity index (χ2v) is 8.19. The summed E-state index contributed by atoms with van der Waals surface area (Å²) in [7, 11) is 0. The van der Waals surface area contributed by atoms with Crippen LogP contribution in [0.5, 0.6) is 0 Å². The molecular weight excluding hydrogens is 363 g/mol. The van der Waals surface area contributed by atoms with Crippen LogP contribution in [0.25, 0.3) is 16.2 Å². The smallest absolute Gasteiger partial charge is 0.216 e. The van der Waals surface area contributed by atoms with Crippen molar-refractivity contribution >= 4 is 27.2 Å². The highest BCUT2D eigenvalue weighted by Gasteiger charge is 2.24. The lowest BCUT2D eigenvalue weighted by atomic mass is 10.1. The van der Waals surface area contributed by atoms with E-state index >= 15 is 0 Å². The van der Waals surface area contributed by atoms with Crippen LogP contribution in [-0.4, -0.2) is 46.8 Å². The molecule has 1 saturated carbocycles. The van der Waals surface area contributed by atoms with Gasteiger partial charge in [-0.05, 0) is 37.1 Å². The Morgan fingerprint density at radius 3 is 2.59 bits per heavy atom. The third kappa shape index (κ3) is 3.27. The van der Waals surface area contributed by atoms with Gasteiger partial charge in [0, 0.05) is 37.8 Å². The lowest BCUT2D eigenvalue weighted by Gasteiger charge is -2.26.